The number of carboxylic acids is 1. The van der Waals surface area contributed by atoms with Gasteiger partial charge >= 0.3 is 5.97 Å². The predicted octanol–water partition coefficient (Wildman–Crippen LogP) is -0.638. The molecule has 0 spiro atoms. The van der Waals surface area contributed by atoms with Crippen molar-refractivity contribution >= 4 is 23.7 Å². The van der Waals surface area contributed by atoms with Gasteiger partial charge in [-0.15, -0.1) is 0 Å². The van der Waals surface area contributed by atoms with E-state index in [0.29, 0.717) is 38.8 Å². The fourth-order valence-corrected chi connectivity index (χ4v) is 3.80. The Kier molecular flexibility index (Phi) is 10.1. The normalized spacial score (nSPS) is 17.4. The molecule has 1 aromatic carbocycles. The summed E-state index contributed by atoms with van der Waals surface area (Å²) in [6, 6.07) is 6.35. The standard InChI is InChI=1S/C22H33N5O5/c23-11-5-4-9-16(22(31)32)25-20(29)17(13-15-7-2-1-3-8-15)26-21(30)18-10-6-12-27(18)19(28)14-24/h1-3,7-8,16-18H,4-6,9-14,23-24H2,(H,25,29)(H,26,30)(H,31,32). The van der Waals surface area contributed by atoms with E-state index in [1.54, 1.807) is 0 Å². The summed E-state index contributed by atoms with van der Waals surface area (Å²) in [5, 5.41) is 14.8. The molecule has 0 aliphatic carbocycles. The van der Waals surface area contributed by atoms with E-state index in [-0.39, 0.29) is 25.3 Å². The zero-order chi connectivity index (χ0) is 23.5. The molecule has 1 aromatic rings. The molecule has 1 fully saturated rings. The van der Waals surface area contributed by atoms with Crippen LogP contribution in [-0.2, 0) is 25.6 Å². The van der Waals surface area contributed by atoms with Gasteiger partial charge in [0.1, 0.15) is 18.1 Å². The Morgan fingerprint density at radius 2 is 1.78 bits per heavy atom. The van der Waals surface area contributed by atoms with Crippen molar-refractivity contribution in [1.29, 1.82) is 0 Å². The number of benzene rings is 1. The van der Waals surface area contributed by atoms with E-state index in [4.69, 9.17) is 11.5 Å². The maximum Gasteiger partial charge on any atom is 0.326 e. The lowest BCUT2D eigenvalue weighted by atomic mass is 10.0. The Bertz CT molecular complexity index is 788. The summed E-state index contributed by atoms with van der Waals surface area (Å²) in [6.45, 7) is 0.680. The number of aliphatic carboxylic acids is 1. The van der Waals surface area contributed by atoms with Gasteiger partial charge in [0, 0.05) is 13.0 Å². The van der Waals surface area contributed by atoms with Gasteiger partial charge in [-0.1, -0.05) is 30.3 Å². The first-order chi connectivity index (χ1) is 15.4. The number of likely N-dealkylation sites (tertiary alicyclic amines) is 1. The van der Waals surface area contributed by atoms with Crippen LogP contribution in [0.3, 0.4) is 0 Å². The van der Waals surface area contributed by atoms with E-state index in [2.05, 4.69) is 10.6 Å². The summed E-state index contributed by atoms with van der Waals surface area (Å²) < 4.78 is 0. The van der Waals surface area contributed by atoms with E-state index in [1.807, 2.05) is 30.3 Å². The van der Waals surface area contributed by atoms with E-state index >= 15 is 0 Å². The molecule has 10 heteroatoms. The summed E-state index contributed by atoms with van der Waals surface area (Å²) >= 11 is 0. The quantitative estimate of drug-likeness (QED) is 0.266. The van der Waals surface area contributed by atoms with Gasteiger partial charge in [-0.3, -0.25) is 14.4 Å². The summed E-state index contributed by atoms with van der Waals surface area (Å²) in [6.07, 6.45) is 2.78. The first kappa shape index (κ1) is 25.3. The highest BCUT2D eigenvalue weighted by molar-refractivity contribution is 5.94. The van der Waals surface area contributed by atoms with Gasteiger partial charge in [-0.05, 0) is 44.2 Å². The van der Waals surface area contributed by atoms with Crippen LogP contribution in [0.5, 0.6) is 0 Å². The SMILES string of the molecule is NCCCCC(NC(=O)C(Cc1ccccc1)NC(=O)C1CCCN1C(=O)CN)C(=O)O. The van der Waals surface area contributed by atoms with E-state index in [9.17, 15) is 24.3 Å². The van der Waals surface area contributed by atoms with Crippen molar-refractivity contribution in [2.75, 3.05) is 19.6 Å². The monoisotopic (exact) mass is 447 g/mol. The highest BCUT2D eigenvalue weighted by Crippen LogP contribution is 2.18. The molecule has 176 valence electrons. The van der Waals surface area contributed by atoms with Gasteiger partial charge in [-0.25, -0.2) is 4.79 Å². The topological polar surface area (TPSA) is 168 Å². The van der Waals surface area contributed by atoms with Crippen molar-refractivity contribution in [2.24, 2.45) is 11.5 Å². The molecule has 32 heavy (non-hydrogen) atoms. The Hall–Kier alpha value is -2.98. The Morgan fingerprint density at radius 3 is 2.41 bits per heavy atom. The second-order valence-corrected chi connectivity index (χ2v) is 7.88. The summed E-state index contributed by atoms with van der Waals surface area (Å²) in [5.74, 6) is -2.50. The van der Waals surface area contributed by atoms with E-state index in [1.165, 1.54) is 4.90 Å². The maximum atomic E-state index is 13.0. The molecule has 1 aliphatic rings. The second kappa shape index (κ2) is 12.8. The number of carboxylic acid groups (broad SMARTS) is 1. The second-order valence-electron chi connectivity index (χ2n) is 7.88. The minimum absolute atomic E-state index is 0.186. The lowest BCUT2D eigenvalue weighted by Gasteiger charge is -2.27. The number of carbonyl (C=O) groups is 4. The molecule has 7 N–H and O–H groups in total. The molecule has 0 aromatic heterocycles. The molecule has 1 heterocycles. The minimum Gasteiger partial charge on any atom is -0.480 e. The smallest absolute Gasteiger partial charge is 0.326 e. The highest BCUT2D eigenvalue weighted by Gasteiger charge is 2.35. The van der Waals surface area contributed by atoms with Gasteiger partial charge in [0.05, 0.1) is 6.54 Å². The number of nitrogens with two attached hydrogens (primary N) is 2. The number of rotatable bonds is 12. The number of nitrogens with one attached hydrogen (secondary N) is 2. The molecule has 2 rings (SSSR count). The highest BCUT2D eigenvalue weighted by atomic mass is 16.4. The maximum absolute atomic E-state index is 13.0. The summed E-state index contributed by atoms with van der Waals surface area (Å²) in [4.78, 5) is 51.0. The molecule has 3 atom stereocenters. The number of hydrogen-bond acceptors (Lipinski definition) is 6. The van der Waals surface area contributed by atoms with Gasteiger partial charge < -0.3 is 32.1 Å². The van der Waals surface area contributed by atoms with Gasteiger partial charge in [0.15, 0.2) is 0 Å². The van der Waals surface area contributed by atoms with Crippen LogP contribution in [0.25, 0.3) is 0 Å². The van der Waals surface area contributed by atoms with Crippen molar-refractivity contribution in [3.05, 3.63) is 35.9 Å². The largest absolute Gasteiger partial charge is 0.480 e. The molecule has 0 bridgehead atoms. The lowest BCUT2D eigenvalue weighted by Crippen LogP contribution is -2.56. The van der Waals surface area contributed by atoms with E-state index < -0.39 is 35.9 Å². The first-order valence-corrected chi connectivity index (χ1v) is 10.9. The first-order valence-electron chi connectivity index (χ1n) is 10.9. The van der Waals surface area contributed by atoms with Crippen LogP contribution in [0, 0.1) is 0 Å². The molecule has 10 nitrogen and oxygen atoms in total. The molecule has 1 saturated heterocycles. The van der Waals surface area contributed by atoms with Crippen LogP contribution >= 0.6 is 0 Å². The van der Waals surface area contributed by atoms with Gasteiger partial charge in [-0.2, -0.15) is 0 Å². The fourth-order valence-electron chi connectivity index (χ4n) is 3.80. The fraction of sp³-hybridized carbons (Fsp3) is 0.545. The Labute approximate surface area is 187 Å². The third-order valence-electron chi connectivity index (χ3n) is 5.53. The zero-order valence-electron chi connectivity index (χ0n) is 18.2. The third kappa shape index (κ3) is 7.31. The average Bonchev–Trinajstić information content (AvgIpc) is 3.28. The Balaban J connectivity index is 2.14. The summed E-state index contributed by atoms with van der Waals surface area (Å²) in [5.41, 5.74) is 11.7. The minimum atomic E-state index is -1.14. The molecule has 0 saturated carbocycles. The number of amides is 3. The number of carbonyl (C=O) groups excluding carboxylic acids is 3. The average molecular weight is 448 g/mol. The molecular formula is C22H33N5O5. The van der Waals surface area contributed by atoms with Crippen molar-refractivity contribution < 1.29 is 24.3 Å². The molecule has 3 amide bonds. The van der Waals surface area contributed by atoms with Crippen LogP contribution in [0.4, 0.5) is 0 Å². The van der Waals surface area contributed by atoms with Crippen molar-refractivity contribution in [2.45, 2.75) is 56.7 Å². The van der Waals surface area contributed by atoms with Gasteiger partial charge in [0.25, 0.3) is 0 Å². The Morgan fingerprint density at radius 1 is 1.06 bits per heavy atom. The third-order valence-corrected chi connectivity index (χ3v) is 5.53. The van der Waals surface area contributed by atoms with Crippen LogP contribution in [-0.4, -0.2) is 71.5 Å². The van der Waals surface area contributed by atoms with Crippen molar-refractivity contribution in [1.82, 2.24) is 15.5 Å². The number of nitrogens with zero attached hydrogens (tertiary/aromatic N) is 1. The number of unbranched alkanes of at least 4 members (excludes halogenated alkanes) is 1. The van der Waals surface area contributed by atoms with Crippen molar-refractivity contribution in [3.63, 3.8) is 0 Å². The van der Waals surface area contributed by atoms with Crippen molar-refractivity contribution in [3.8, 4) is 0 Å². The van der Waals surface area contributed by atoms with Crippen LogP contribution in [0.2, 0.25) is 0 Å². The molecular weight excluding hydrogens is 414 g/mol. The molecule has 0 radical (unpaired) electrons. The van der Waals surface area contributed by atoms with E-state index in [0.717, 1.165) is 5.56 Å². The zero-order valence-corrected chi connectivity index (χ0v) is 18.2. The number of hydrogen-bond donors (Lipinski definition) is 5. The lowest BCUT2D eigenvalue weighted by molar-refractivity contribution is -0.143. The van der Waals surface area contributed by atoms with Crippen LogP contribution in [0.15, 0.2) is 30.3 Å². The molecule has 1 aliphatic heterocycles. The summed E-state index contributed by atoms with van der Waals surface area (Å²) in [7, 11) is 0. The van der Waals surface area contributed by atoms with Crippen LogP contribution < -0.4 is 22.1 Å². The predicted molar refractivity (Wildman–Crippen MR) is 118 cm³/mol. The van der Waals surface area contributed by atoms with Crippen LogP contribution in [0.1, 0.15) is 37.7 Å². The van der Waals surface area contributed by atoms with Gasteiger partial charge in [0.2, 0.25) is 17.7 Å². The molecule has 3 unspecified atom stereocenters.